The summed E-state index contributed by atoms with van der Waals surface area (Å²) in [4.78, 5) is 25.3. The molecule has 31 heavy (non-hydrogen) atoms. The van der Waals surface area contributed by atoms with Crippen molar-refractivity contribution in [1.82, 2.24) is 25.4 Å². The molecular weight excluding hydrogens is 430 g/mol. The van der Waals surface area contributed by atoms with E-state index in [-0.39, 0.29) is 18.4 Å². The normalized spacial score (nSPS) is 13.9. The fraction of sp³-hybridized carbons (Fsp3) is 0.364. The summed E-state index contributed by atoms with van der Waals surface area (Å²) in [5, 5.41) is 16.9. The van der Waals surface area contributed by atoms with Crippen LogP contribution >= 0.6 is 23.1 Å². The van der Waals surface area contributed by atoms with Crippen molar-refractivity contribution in [2.45, 2.75) is 49.7 Å². The summed E-state index contributed by atoms with van der Waals surface area (Å²) in [6.07, 6.45) is 5.16. The van der Waals surface area contributed by atoms with Gasteiger partial charge in [0, 0.05) is 35.2 Å². The molecule has 7 nitrogen and oxygen atoms in total. The minimum atomic E-state index is -0.396. The van der Waals surface area contributed by atoms with Crippen molar-refractivity contribution >= 4 is 35.0 Å². The Labute approximate surface area is 189 Å². The highest BCUT2D eigenvalue weighted by molar-refractivity contribution is 7.99. The third kappa shape index (κ3) is 5.95. The second-order valence-electron chi connectivity index (χ2n) is 7.43. The molecule has 3 amide bonds. The molecule has 9 heteroatoms. The number of benzene rings is 1. The number of amides is 3. The molecule has 3 aromatic rings. The van der Waals surface area contributed by atoms with E-state index < -0.39 is 6.03 Å². The Morgan fingerprint density at radius 1 is 1.10 bits per heavy atom. The van der Waals surface area contributed by atoms with Gasteiger partial charge in [-0.2, -0.15) is 0 Å². The van der Waals surface area contributed by atoms with Gasteiger partial charge < -0.3 is 5.32 Å². The zero-order valence-electron chi connectivity index (χ0n) is 17.1. The molecule has 2 N–H and O–H groups in total. The number of rotatable bonds is 8. The molecule has 1 aromatic carbocycles. The van der Waals surface area contributed by atoms with Crippen LogP contribution in [0.2, 0.25) is 0 Å². The minimum absolute atomic E-state index is 0.188. The highest BCUT2D eigenvalue weighted by Crippen LogP contribution is 2.25. The van der Waals surface area contributed by atoms with Gasteiger partial charge in [-0.25, -0.2) is 4.79 Å². The summed E-state index contributed by atoms with van der Waals surface area (Å²) in [5.41, 5.74) is 0.988. The number of nitrogens with one attached hydrogen (secondary N) is 2. The molecule has 1 aliphatic carbocycles. The van der Waals surface area contributed by atoms with Crippen molar-refractivity contribution in [3.8, 4) is 5.69 Å². The van der Waals surface area contributed by atoms with Gasteiger partial charge in [0.05, 0.1) is 0 Å². The smallest absolute Gasteiger partial charge is 0.321 e. The molecule has 0 unspecified atom stereocenters. The molecule has 0 aliphatic heterocycles. The lowest BCUT2D eigenvalue weighted by atomic mass is 10.2. The van der Waals surface area contributed by atoms with Crippen LogP contribution in [0.4, 0.5) is 4.79 Å². The van der Waals surface area contributed by atoms with Gasteiger partial charge in [0.25, 0.3) is 0 Å². The first-order chi connectivity index (χ1) is 15.2. The predicted octanol–water partition coefficient (Wildman–Crippen LogP) is 4.17. The van der Waals surface area contributed by atoms with Crippen LogP contribution in [-0.4, -0.2) is 38.5 Å². The number of para-hydroxylation sites is 1. The Morgan fingerprint density at radius 2 is 1.90 bits per heavy atom. The third-order valence-electron chi connectivity index (χ3n) is 5.13. The number of nitrogens with zero attached hydrogens (tertiary/aromatic N) is 3. The number of imide groups is 1. The lowest BCUT2D eigenvalue weighted by Crippen LogP contribution is -2.43. The largest absolute Gasteiger partial charge is 0.335 e. The Hall–Kier alpha value is -2.65. The van der Waals surface area contributed by atoms with Crippen molar-refractivity contribution in [3.63, 3.8) is 0 Å². The number of thiophene rings is 1. The number of urea groups is 1. The van der Waals surface area contributed by atoms with Crippen LogP contribution in [0.5, 0.6) is 0 Å². The van der Waals surface area contributed by atoms with Gasteiger partial charge in [-0.15, -0.1) is 21.5 Å². The van der Waals surface area contributed by atoms with E-state index in [0.717, 1.165) is 42.4 Å². The second-order valence-corrected chi connectivity index (χ2v) is 9.52. The molecule has 1 fully saturated rings. The minimum Gasteiger partial charge on any atom is -0.335 e. The average Bonchev–Trinajstić information content (AvgIpc) is 3.52. The van der Waals surface area contributed by atoms with Gasteiger partial charge >= 0.3 is 6.03 Å². The summed E-state index contributed by atoms with van der Waals surface area (Å²) in [6.45, 7) is 0. The summed E-state index contributed by atoms with van der Waals surface area (Å²) in [7, 11) is 0. The molecular formula is C22H25N5O2S2. The molecule has 0 atom stereocenters. The third-order valence-corrected chi connectivity index (χ3v) is 6.94. The van der Waals surface area contributed by atoms with Crippen molar-refractivity contribution in [2.75, 3.05) is 5.75 Å². The first-order valence-corrected chi connectivity index (χ1v) is 12.3. The van der Waals surface area contributed by atoms with Gasteiger partial charge in [0.15, 0.2) is 5.16 Å². The molecule has 0 saturated heterocycles. The zero-order chi connectivity index (χ0) is 21.5. The topological polar surface area (TPSA) is 88.9 Å². The average molecular weight is 456 g/mol. The van der Waals surface area contributed by atoms with E-state index in [4.69, 9.17) is 0 Å². The van der Waals surface area contributed by atoms with Crippen molar-refractivity contribution in [3.05, 3.63) is 58.5 Å². The van der Waals surface area contributed by atoms with Crippen LogP contribution < -0.4 is 10.6 Å². The van der Waals surface area contributed by atoms with E-state index >= 15 is 0 Å². The van der Waals surface area contributed by atoms with E-state index in [1.54, 1.807) is 11.3 Å². The van der Waals surface area contributed by atoms with Gasteiger partial charge in [0.1, 0.15) is 5.82 Å². The van der Waals surface area contributed by atoms with Crippen molar-refractivity contribution in [1.29, 1.82) is 0 Å². The van der Waals surface area contributed by atoms with Crippen molar-refractivity contribution in [2.24, 2.45) is 0 Å². The Kier molecular flexibility index (Phi) is 7.37. The lowest BCUT2D eigenvalue weighted by Gasteiger charge is -2.12. The molecule has 1 saturated carbocycles. The number of carbonyl (C=O) groups is 2. The first kappa shape index (κ1) is 21.6. The molecule has 1 aliphatic rings. The number of hydrogen-bond donors (Lipinski definition) is 2. The fourth-order valence-corrected chi connectivity index (χ4v) is 5.24. The summed E-state index contributed by atoms with van der Waals surface area (Å²) in [5.74, 6) is 1.08. The Morgan fingerprint density at radius 3 is 2.65 bits per heavy atom. The van der Waals surface area contributed by atoms with Crippen LogP contribution in [0.3, 0.4) is 0 Å². The van der Waals surface area contributed by atoms with Crippen molar-refractivity contribution < 1.29 is 9.59 Å². The maximum Gasteiger partial charge on any atom is 0.321 e. The highest BCUT2D eigenvalue weighted by atomic mass is 32.2. The van der Waals surface area contributed by atoms with Crippen LogP contribution in [0, 0.1) is 0 Å². The van der Waals surface area contributed by atoms with Crippen LogP contribution in [0.25, 0.3) is 5.69 Å². The Balaban J connectivity index is 1.36. The standard InChI is InChI=1S/C22H25N5O2S2/c28-20(24-21(29)23-16-7-4-5-8-16)12-14-31-22-26-25-19(15-18-11-6-13-30-18)27(22)17-9-2-1-3-10-17/h1-3,6,9-11,13,16H,4-5,7-8,12,14-15H2,(H2,23,24,28,29). The van der Waals surface area contributed by atoms with Crippen LogP contribution in [0.15, 0.2) is 53.0 Å². The maximum absolute atomic E-state index is 12.2. The molecule has 0 spiro atoms. The second kappa shape index (κ2) is 10.6. The molecule has 0 radical (unpaired) electrons. The maximum atomic E-state index is 12.2. The van der Waals surface area contributed by atoms with Gasteiger partial charge in [-0.3, -0.25) is 14.7 Å². The van der Waals surface area contributed by atoms with E-state index in [1.165, 1.54) is 16.6 Å². The fourth-order valence-electron chi connectivity index (χ4n) is 3.63. The number of carbonyl (C=O) groups excluding carboxylic acids is 2. The summed E-state index contributed by atoms with van der Waals surface area (Å²) >= 11 is 3.15. The number of hydrogen-bond acceptors (Lipinski definition) is 6. The number of aromatic nitrogens is 3. The predicted molar refractivity (Wildman–Crippen MR) is 123 cm³/mol. The quantitative estimate of drug-likeness (QED) is 0.498. The van der Waals surface area contributed by atoms with Gasteiger partial charge in [-0.05, 0) is 36.4 Å². The number of thioether (sulfide) groups is 1. The van der Waals surface area contributed by atoms with E-state index in [0.29, 0.717) is 12.2 Å². The van der Waals surface area contributed by atoms with E-state index in [9.17, 15) is 9.59 Å². The van der Waals surface area contributed by atoms with E-state index in [1.807, 2.05) is 41.0 Å². The van der Waals surface area contributed by atoms with Crippen LogP contribution in [0.1, 0.15) is 42.8 Å². The molecule has 4 rings (SSSR count). The highest BCUT2D eigenvalue weighted by Gasteiger charge is 2.19. The first-order valence-electron chi connectivity index (χ1n) is 10.4. The monoisotopic (exact) mass is 455 g/mol. The summed E-state index contributed by atoms with van der Waals surface area (Å²) in [6, 6.07) is 13.9. The zero-order valence-corrected chi connectivity index (χ0v) is 18.8. The van der Waals surface area contributed by atoms with Crippen LogP contribution in [-0.2, 0) is 11.2 Å². The SMILES string of the molecule is O=C(CCSc1nnc(Cc2cccs2)n1-c1ccccc1)NC(=O)NC1CCCC1. The molecule has 0 bridgehead atoms. The van der Waals surface area contributed by atoms with E-state index in [2.05, 4.69) is 32.3 Å². The Bertz CT molecular complexity index is 998. The molecule has 2 aromatic heterocycles. The van der Waals surface area contributed by atoms with Gasteiger partial charge in [-0.1, -0.05) is 48.9 Å². The van der Waals surface area contributed by atoms with Gasteiger partial charge in [0.2, 0.25) is 5.91 Å². The molecule has 162 valence electrons. The molecule has 2 heterocycles. The lowest BCUT2D eigenvalue weighted by molar-refractivity contribution is -0.119. The summed E-state index contributed by atoms with van der Waals surface area (Å²) < 4.78 is 2.04.